The zero-order valence-corrected chi connectivity index (χ0v) is 16.6. The van der Waals surface area contributed by atoms with Crippen LogP contribution in [-0.4, -0.2) is 45.9 Å². The van der Waals surface area contributed by atoms with Crippen molar-refractivity contribution in [3.63, 3.8) is 0 Å². The number of hydrogen-bond acceptors (Lipinski definition) is 5. The van der Waals surface area contributed by atoms with Crippen LogP contribution in [0.15, 0.2) is 47.4 Å². The molecular weight excluding hydrogens is 408 g/mol. The monoisotopic (exact) mass is 427 g/mol. The number of sulfonamides is 1. The van der Waals surface area contributed by atoms with E-state index in [0.717, 1.165) is 24.3 Å². The van der Waals surface area contributed by atoms with Gasteiger partial charge in [-0.3, -0.25) is 14.4 Å². The molecule has 0 radical (unpaired) electrons. The summed E-state index contributed by atoms with van der Waals surface area (Å²) in [5.74, 6) is -3.75. The van der Waals surface area contributed by atoms with Crippen LogP contribution in [-0.2, 0) is 19.7 Å². The van der Waals surface area contributed by atoms with Gasteiger partial charge in [0.25, 0.3) is 15.9 Å². The number of likely N-dealkylation sites (N-methyl/N-ethyl adjacent to an activating group) is 1. The lowest BCUT2D eigenvalue weighted by Gasteiger charge is -2.19. The van der Waals surface area contributed by atoms with Gasteiger partial charge in [-0.05, 0) is 35.9 Å². The van der Waals surface area contributed by atoms with E-state index in [4.69, 9.17) is 0 Å². The van der Waals surface area contributed by atoms with Crippen LogP contribution in [0.5, 0.6) is 0 Å². The van der Waals surface area contributed by atoms with E-state index >= 15 is 0 Å². The fourth-order valence-electron chi connectivity index (χ4n) is 2.40. The largest absolute Gasteiger partial charge is 0.357 e. The van der Waals surface area contributed by atoms with E-state index in [1.807, 2.05) is 0 Å². The minimum atomic E-state index is -4.00. The van der Waals surface area contributed by atoms with Crippen molar-refractivity contribution in [2.45, 2.75) is 10.9 Å². The molecule has 2 aromatic rings. The van der Waals surface area contributed by atoms with Crippen LogP contribution in [0, 0.1) is 11.6 Å². The van der Waals surface area contributed by atoms with Gasteiger partial charge >= 0.3 is 0 Å². The second-order valence-electron chi connectivity index (χ2n) is 5.82. The molecule has 0 aliphatic heterocycles. The second-order valence-corrected chi connectivity index (χ2v) is 7.76. The molecule has 0 saturated carbocycles. The maximum Gasteiger partial charge on any atom is 0.264 e. The van der Waals surface area contributed by atoms with Crippen LogP contribution in [0.25, 0.3) is 0 Å². The summed E-state index contributed by atoms with van der Waals surface area (Å²) in [6.45, 7) is 0. The molecule has 0 bridgehead atoms. The number of carbonyl (C=O) groups excluding carboxylic acids is 2. The van der Waals surface area contributed by atoms with Crippen molar-refractivity contribution in [1.29, 1.82) is 0 Å². The molecule has 0 heterocycles. The summed E-state index contributed by atoms with van der Waals surface area (Å²) in [6, 6.07) is 6.52. The molecule has 2 N–H and O–H groups in total. The summed E-state index contributed by atoms with van der Waals surface area (Å²) in [5, 5.41) is 4.71. The Balaban J connectivity index is 2.36. The van der Waals surface area contributed by atoms with E-state index in [2.05, 4.69) is 15.5 Å². The molecule has 0 saturated heterocycles. The average Bonchev–Trinajstić information content (AvgIpc) is 2.72. The first-order valence-electron chi connectivity index (χ1n) is 8.22. The Morgan fingerprint density at radius 3 is 2.38 bits per heavy atom. The number of rotatable bonds is 7. The molecule has 156 valence electrons. The Bertz CT molecular complexity index is 1030. The van der Waals surface area contributed by atoms with Crippen LogP contribution in [0.1, 0.15) is 22.0 Å². The Hall–Kier alpha value is -2.89. The number of halogens is 2. The number of hydroxylamine groups is 1. The standard InChI is InChI=1S/C18H19F2N3O5S/c1-21-18(25)16(11-7-8-14(19)15(20)10-11)22-17(24)12-5-4-6-13(9-12)29(26,27)23(2)28-3/h4-10,16H,1-3H3,(H,21,25)(H,22,24). The SMILES string of the molecule is CNC(=O)C(NC(=O)c1cccc(S(=O)(=O)N(C)OC)c1)c1ccc(F)c(F)c1. The summed E-state index contributed by atoms with van der Waals surface area (Å²) in [6.07, 6.45) is 0. The van der Waals surface area contributed by atoms with Gasteiger partial charge in [0.2, 0.25) is 5.91 Å². The molecule has 1 unspecified atom stereocenters. The van der Waals surface area contributed by atoms with E-state index in [9.17, 15) is 26.8 Å². The highest BCUT2D eigenvalue weighted by atomic mass is 32.2. The van der Waals surface area contributed by atoms with Gasteiger partial charge in [0.1, 0.15) is 6.04 Å². The fraction of sp³-hybridized carbons (Fsp3) is 0.222. The maximum absolute atomic E-state index is 13.6. The molecular formula is C18H19F2N3O5S. The molecule has 2 amide bonds. The summed E-state index contributed by atoms with van der Waals surface area (Å²) < 4.78 is 52.0. The molecule has 0 aliphatic carbocycles. The van der Waals surface area contributed by atoms with Crippen molar-refractivity contribution in [3.8, 4) is 0 Å². The third kappa shape index (κ3) is 4.94. The quantitative estimate of drug-likeness (QED) is 0.650. The van der Waals surface area contributed by atoms with Crippen molar-refractivity contribution in [1.82, 2.24) is 15.1 Å². The van der Waals surface area contributed by atoms with Crippen LogP contribution in [0.3, 0.4) is 0 Å². The molecule has 2 aromatic carbocycles. The predicted octanol–water partition coefficient (Wildman–Crippen LogP) is 1.36. The fourth-order valence-corrected chi connectivity index (χ4v) is 3.41. The minimum Gasteiger partial charge on any atom is -0.357 e. The number of nitrogens with one attached hydrogen (secondary N) is 2. The van der Waals surface area contributed by atoms with Gasteiger partial charge in [0, 0.05) is 19.7 Å². The van der Waals surface area contributed by atoms with E-state index in [1.54, 1.807) is 0 Å². The first kappa shape index (κ1) is 22.4. The summed E-state index contributed by atoms with van der Waals surface area (Å²) in [5.41, 5.74) is -0.0495. The second kappa shape index (κ2) is 9.07. The Morgan fingerprint density at radius 1 is 1.10 bits per heavy atom. The number of benzene rings is 2. The van der Waals surface area contributed by atoms with Gasteiger partial charge in [-0.15, -0.1) is 0 Å². The molecule has 0 spiro atoms. The van der Waals surface area contributed by atoms with E-state index < -0.39 is 39.5 Å². The van der Waals surface area contributed by atoms with Gasteiger partial charge < -0.3 is 10.6 Å². The average molecular weight is 427 g/mol. The van der Waals surface area contributed by atoms with Gasteiger partial charge in [0.15, 0.2) is 11.6 Å². The Kier molecular flexibility index (Phi) is 7.01. The van der Waals surface area contributed by atoms with Crippen LogP contribution in [0.4, 0.5) is 8.78 Å². The Labute approximate surface area is 166 Å². The molecule has 2 rings (SSSR count). The Morgan fingerprint density at radius 2 is 1.79 bits per heavy atom. The first-order chi connectivity index (χ1) is 13.6. The summed E-state index contributed by atoms with van der Waals surface area (Å²) in [4.78, 5) is 29.3. The first-order valence-corrected chi connectivity index (χ1v) is 9.66. The molecule has 11 heteroatoms. The predicted molar refractivity (Wildman–Crippen MR) is 99.0 cm³/mol. The third-order valence-corrected chi connectivity index (χ3v) is 5.73. The van der Waals surface area contributed by atoms with Gasteiger partial charge in [-0.1, -0.05) is 16.6 Å². The van der Waals surface area contributed by atoms with Gasteiger partial charge in [-0.25, -0.2) is 17.2 Å². The lowest BCUT2D eigenvalue weighted by molar-refractivity contribution is -0.122. The smallest absolute Gasteiger partial charge is 0.264 e. The van der Waals surface area contributed by atoms with Gasteiger partial charge in [-0.2, -0.15) is 0 Å². The molecule has 0 fully saturated rings. The highest BCUT2D eigenvalue weighted by molar-refractivity contribution is 7.89. The number of carbonyl (C=O) groups is 2. The normalized spacial score (nSPS) is 12.5. The summed E-state index contributed by atoms with van der Waals surface area (Å²) >= 11 is 0. The van der Waals surface area contributed by atoms with Crippen molar-refractivity contribution >= 4 is 21.8 Å². The lowest BCUT2D eigenvalue weighted by Crippen LogP contribution is -2.39. The van der Waals surface area contributed by atoms with Crippen LogP contribution >= 0.6 is 0 Å². The maximum atomic E-state index is 13.6. The lowest BCUT2D eigenvalue weighted by atomic mass is 10.0. The van der Waals surface area contributed by atoms with E-state index in [1.165, 1.54) is 39.4 Å². The summed E-state index contributed by atoms with van der Waals surface area (Å²) in [7, 11) is -0.324. The van der Waals surface area contributed by atoms with Crippen molar-refractivity contribution in [3.05, 3.63) is 65.2 Å². The van der Waals surface area contributed by atoms with E-state index in [0.29, 0.717) is 4.47 Å². The van der Waals surface area contributed by atoms with Crippen LogP contribution in [0.2, 0.25) is 0 Å². The zero-order chi connectivity index (χ0) is 21.8. The van der Waals surface area contributed by atoms with Crippen molar-refractivity contribution in [2.75, 3.05) is 21.2 Å². The van der Waals surface area contributed by atoms with Crippen LogP contribution < -0.4 is 10.6 Å². The number of nitrogens with zero attached hydrogens (tertiary/aromatic N) is 1. The number of hydrogen-bond donors (Lipinski definition) is 2. The van der Waals surface area contributed by atoms with Crippen molar-refractivity contribution in [2.24, 2.45) is 0 Å². The zero-order valence-electron chi connectivity index (χ0n) is 15.8. The van der Waals surface area contributed by atoms with Crippen molar-refractivity contribution < 1.29 is 31.6 Å². The van der Waals surface area contributed by atoms with E-state index in [-0.39, 0.29) is 16.0 Å². The number of amides is 2. The third-order valence-electron chi connectivity index (χ3n) is 4.05. The highest BCUT2D eigenvalue weighted by Gasteiger charge is 2.25. The molecule has 1 atom stereocenters. The minimum absolute atomic E-state index is 0.0134. The topological polar surface area (TPSA) is 105 Å². The van der Waals surface area contributed by atoms with Gasteiger partial charge in [0.05, 0.1) is 12.0 Å². The molecule has 8 nitrogen and oxygen atoms in total. The highest BCUT2D eigenvalue weighted by Crippen LogP contribution is 2.19. The molecule has 0 aromatic heterocycles. The molecule has 29 heavy (non-hydrogen) atoms. The molecule has 0 aliphatic rings.